The van der Waals surface area contributed by atoms with Crippen molar-refractivity contribution in [3.63, 3.8) is 0 Å². The number of carbonyl (C=O) groups is 4. The van der Waals surface area contributed by atoms with E-state index in [1.807, 2.05) is 5.32 Å². The van der Waals surface area contributed by atoms with E-state index in [-0.39, 0.29) is 24.4 Å². The number of fused-ring (bicyclic) bond motifs is 1. The average Bonchev–Trinajstić information content (AvgIpc) is 2.63. The molecule has 1 N–H and O–H groups in total. The molecule has 0 spiro atoms. The molecule has 1 aromatic rings. The average molecular weight is 277 g/mol. The monoisotopic (exact) mass is 277 g/mol. The minimum Gasteiger partial charge on any atom is -0.295 e. The maximum Gasteiger partial charge on any atom is 0.265 e. The van der Waals surface area contributed by atoms with Crippen LogP contribution in [0, 0.1) is 5.82 Å². The van der Waals surface area contributed by atoms with Gasteiger partial charge in [0.1, 0.15) is 11.9 Å². The van der Waals surface area contributed by atoms with Crippen LogP contribution in [0.15, 0.2) is 18.2 Å². The van der Waals surface area contributed by atoms with Crippen LogP contribution >= 0.6 is 0 Å². The van der Waals surface area contributed by atoms with Crippen molar-refractivity contribution in [2.75, 3.05) is 0 Å². The molecule has 1 saturated heterocycles. The Hall–Kier alpha value is -2.57. The van der Waals surface area contributed by atoms with Crippen LogP contribution in [-0.2, 0) is 9.59 Å². The first-order valence-electron chi connectivity index (χ1n) is 6.42. The molecule has 0 bridgehead atoms. The molecule has 0 radical (unpaired) electrons. The zero-order valence-electron chi connectivity index (χ0n) is 11.1. The van der Waals surface area contributed by atoms with Crippen LogP contribution in [0.4, 0.5) is 4.39 Å². The lowest BCUT2D eigenvalue weighted by atomic mass is 10.0. The van der Waals surface area contributed by atoms with Gasteiger partial charge >= 0.3 is 0 Å². The highest BCUT2D eigenvalue weighted by molar-refractivity contribution is 6.23. The number of nitrogens with zero attached hydrogens (tertiary/aromatic N) is 1. The summed E-state index contributed by atoms with van der Waals surface area (Å²) in [7, 11) is 0. The van der Waals surface area contributed by atoms with E-state index < -0.39 is 41.1 Å². The maximum absolute atomic E-state index is 13.8. The van der Waals surface area contributed by atoms with Crippen LogP contribution in [0.25, 0.3) is 0 Å². The third-order valence-electron chi connectivity index (χ3n) is 3.35. The topological polar surface area (TPSA) is 83.6 Å². The fourth-order valence-electron chi connectivity index (χ4n) is 2.41. The number of imide groups is 2. The van der Waals surface area contributed by atoms with Crippen LogP contribution in [-0.4, -0.2) is 34.6 Å². The Morgan fingerprint density at radius 3 is 2.70 bits per heavy atom. The van der Waals surface area contributed by atoms with Crippen molar-refractivity contribution in [1.82, 2.24) is 10.2 Å². The second kappa shape index (κ2) is 4.22. The maximum atomic E-state index is 13.8. The van der Waals surface area contributed by atoms with E-state index in [0.717, 1.165) is 12.1 Å². The molecule has 7 heteroatoms. The molecule has 1 unspecified atom stereocenters. The SMILES string of the molecule is [2H]c1cc(F)c2c(c1)C(=O)N(C1CCC(=O)NC1=O)C2=O. The summed E-state index contributed by atoms with van der Waals surface area (Å²) in [5.41, 5.74) is -0.657. The second-order valence-electron chi connectivity index (χ2n) is 4.54. The number of rotatable bonds is 1. The Labute approximate surface area is 114 Å². The molecule has 102 valence electrons. The molecule has 1 atom stereocenters. The highest BCUT2D eigenvalue weighted by Gasteiger charge is 2.45. The Morgan fingerprint density at radius 2 is 2.00 bits per heavy atom. The normalized spacial score (nSPS) is 22.8. The number of benzene rings is 1. The third kappa shape index (κ3) is 1.63. The molecule has 20 heavy (non-hydrogen) atoms. The summed E-state index contributed by atoms with van der Waals surface area (Å²) in [6, 6.07) is 0.545. The van der Waals surface area contributed by atoms with Gasteiger partial charge in [0.15, 0.2) is 0 Å². The summed E-state index contributed by atoms with van der Waals surface area (Å²) in [6.45, 7) is 0. The van der Waals surface area contributed by atoms with Crippen LogP contribution in [0.2, 0.25) is 0 Å². The molecule has 2 aliphatic rings. The number of carbonyl (C=O) groups excluding carboxylic acids is 4. The van der Waals surface area contributed by atoms with Crippen molar-refractivity contribution in [3.05, 3.63) is 35.1 Å². The molecule has 0 aliphatic carbocycles. The minimum atomic E-state index is -1.14. The summed E-state index contributed by atoms with van der Waals surface area (Å²) in [5, 5.41) is 2.05. The molecule has 2 heterocycles. The predicted molar refractivity (Wildman–Crippen MR) is 63.1 cm³/mol. The molecule has 0 aromatic heterocycles. The van der Waals surface area contributed by atoms with E-state index in [4.69, 9.17) is 1.37 Å². The highest BCUT2D eigenvalue weighted by atomic mass is 19.1. The van der Waals surface area contributed by atoms with Crippen molar-refractivity contribution >= 4 is 23.6 Å². The quantitative estimate of drug-likeness (QED) is 0.745. The Bertz CT molecular complexity index is 718. The van der Waals surface area contributed by atoms with E-state index in [1.54, 1.807) is 0 Å². The molecule has 0 saturated carbocycles. The first kappa shape index (κ1) is 11.3. The minimum absolute atomic E-state index is 0.00398. The van der Waals surface area contributed by atoms with Gasteiger partial charge in [-0.1, -0.05) is 6.04 Å². The van der Waals surface area contributed by atoms with Gasteiger partial charge in [-0.05, 0) is 18.6 Å². The molecule has 1 fully saturated rings. The van der Waals surface area contributed by atoms with Crippen LogP contribution in [0.1, 0.15) is 34.9 Å². The number of nitrogens with one attached hydrogen (secondary N) is 1. The van der Waals surface area contributed by atoms with Crippen LogP contribution in [0.5, 0.6) is 0 Å². The molecule has 6 nitrogen and oxygen atoms in total. The molecule has 3 rings (SSSR count). The van der Waals surface area contributed by atoms with Crippen molar-refractivity contribution in [2.24, 2.45) is 0 Å². The number of halogens is 1. The van der Waals surface area contributed by atoms with Gasteiger partial charge in [0.2, 0.25) is 11.8 Å². The fourth-order valence-corrected chi connectivity index (χ4v) is 2.41. The Kier molecular flexibility index (Phi) is 2.38. The summed E-state index contributed by atoms with van der Waals surface area (Å²) in [6.07, 6.45) is 0.00146. The fraction of sp³-hybridized carbons (Fsp3) is 0.231. The zero-order valence-corrected chi connectivity index (χ0v) is 10.1. The standard InChI is InChI=1S/C13H9FN2O4/c14-7-3-1-2-6-10(7)13(20)16(12(6)19)8-4-5-9(17)15-11(8)18/h1-3,8H,4-5H2,(H,15,17,18)/i1D. The lowest BCUT2D eigenvalue weighted by Gasteiger charge is -2.27. The summed E-state index contributed by atoms with van der Waals surface area (Å²) >= 11 is 0. The van der Waals surface area contributed by atoms with E-state index in [9.17, 15) is 23.6 Å². The van der Waals surface area contributed by atoms with Crippen molar-refractivity contribution in [3.8, 4) is 0 Å². The zero-order chi connectivity index (χ0) is 15.3. The van der Waals surface area contributed by atoms with Crippen molar-refractivity contribution in [2.45, 2.75) is 18.9 Å². The number of piperidine rings is 1. The Morgan fingerprint density at radius 1 is 1.25 bits per heavy atom. The van der Waals surface area contributed by atoms with Crippen molar-refractivity contribution < 1.29 is 24.9 Å². The number of amides is 4. The van der Waals surface area contributed by atoms with E-state index in [0.29, 0.717) is 4.90 Å². The van der Waals surface area contributed by atoms with Crippen LogP contribution < -0.4 is 5.32 Å². The van der Waals surface area contributed by atoms with Gasteiger partial charge in [-0.15, -0.1) is 0 Å². The third-order valence-corrected chi connectivity index (χ3v) is 3.35. The largest absolute Gasteiger partial charge is 0.295 e. The molecular weight excluding hydrogens is 267 g/mol. The lowest BCUT2D eigenvalue weighted by Crippen LogP contribution is -2.54. The van der Waals surface area contributed by atoms with E-state index >= 15 is 0 Å². The molecule has 1 aromatic carbocycles. The number of hydrogen-bond donors (Lipinski definition) is 1. The van der Waals surface area contributed by atoms with Gasteiger partial charge in [-0.2, -0.15) is 0 Å². The first-order chi connectivity index (χ1) is 9.90. The Balaban J connectivity index is 2.02. The highest BCUT2D eigenvalue weighted by Crippen LogP contribution is 2.28. The van der Waals surface area contributed by atoms with E-state index in [2.05, 4.69) is 0 Å². The van der Waals surface area contributed by atoms with Gasteiger partial charge in [-0.3, -0.25) is 29.4 Å². The van der Waals surface area contributed by atoms with Gasteiger partial charge in [0, 0.05) is 6.42 Å². The first-order valence-corrected chi connectivity index (χ1v) is 5.92. The molecule has 2 aliphatic heterocycles. The summed E-state index contributed by atoms with van der Waals surface area (Å²) in [4.78, 5) is 48.0. The van der Waals surface area contributed by atoms with E-state index in [1.165, 1.54) is 0 Å². The van der Waals surface area contributed by atoms with Gasteiger partial charge < -0.3 is 0 Å². The summed E-state index contributed by atoms with van der Waals surface area (Å²) in [5.74, 6) is -3.94. The lowest BCUT2D eigenvalue weighted by molar-refractivity contribution is -0.136. The molecule has 4 amide bonds. The predicted octanol–water partition coefficient (Wildman–Crippen LogP) is 0.227. The second-order valence-corrected chi connectivity index (χ2v) is 4.54. The van der Waals surface area contributed by atoms with Gasteiger partial charge in [0.05, 0.1) is 12.5 Å². The smallest absolute Gasteiger partial charge is 0.265 e. The van der Waals surface area contributed by atoms with Crippen molar-refractivity contribution in [1.29, 1.82) is 0 Å². The van der Waals surface area contributed by atoms with Crippen LogP contribution in [0.3, 0.4) is 0 Å². The van der Waals surface area contributed by atoms with Gasteiger partial charge in [0.25, 0.3) is 11.8 Å². The summed E-state index contributed by atoms with van der Waals surface area (Å²) < 4.78 is 21.2. The molecular formula is C13H9FN2O4. The number of hydrogen-bond acceptors (Lipinski definition) is 4. The van der Waals surface area contributed by atoms with Gasteiger partial charge in [-0.25, -0.2) is 4.39 Å².